The topological polar surface area (TPSA) is 27.0 Å². The predicted octanol–water partition coefficient (Wildman–Crippen LogP) is 3.81. The Morgan fingerprint density at radius 1 is 0.810 bits per heavy atom. The second kappa shape index (κ2) is 6.56. The van der Waals surface area contributed by atoms with Crippen LogP contribution in [-0.4, -0.2) is 24.0 Å². The summed E-state index contributed by atoms with van der Waals surface area (Å²) < 4.78 is 0. The number of nitrogens with zero attached hydrogens (tertiary/aromatic N) is 2. The molecule has 1 unspecified atom stereocenters. The van der Waals surface area contributed by atoms with Crippen LogP contribution in [0.2, 0.25) is 0 Å². The van der Waals surface area contributed by atoms with E-state index in [4.69, 9.17) is 0 Å². The molecule has 2 aromatic carbocycles. The molecular formula is C19H20N2. The van der Waals surface area contributed by atoms with E-state index < -0.39 is 0 Å². The van der Waals surface area contributed by atoms with Crippen LogP contribution in [0.1, 0.15) is 29.9 Å². The third-order valence-electron chi connectivity index (χ3n) is 4.30. The van der Waals surface area contributed by atoms with Gasteiger partial charge in [-0.05, 0) is 37.1 Å². The molecular weight excluding hydrogens is 256 g/mol. The first-order valence-corrected chi connectivity index (χ1v) is 7.63. The van der Waals surface area contributed by atoms with Crippen molar-refractivity contribution in [1.82, 2.24) is 4.90 Å². The Balaban J connectivity index is 2.01. The van der Waals surface area contributed by atoms with Crippen LogP contribution in [-0.2, 0) is 0 Å². The molecule has 1 aliphatic heterocycles. The van der Waals surface area contributed by atoms with E-state index in [0.717, 1.165) is 13.1 Å². The third kappa shape index (κ3) is 2.99. The van der Waals surface area contributed by atoms with Crippen LogP contribution < -0.4 is 0 Å². The Morgan fingerprint density at radius 2 is 1.29 bits per heavy atom. The zero-order chi connectivity index (χ0) is 14.5. The maximum absolute atomic E-state index is 9.79. The second-order valence-corrected chi connectivity index (χ2v) is 5.62. The van der Waals surface area contributed by atoms with Crippen molar-refractivity contribution in [3.63, 3.8) is 0 Å². The van der Waals surface area contributed by atoms with Gasteiger partial charge in [0.2, 0.25) is 0 Å². The van der Waals surface area contributed by atoms with Gasteiger partial charge < -0.3 is 0 Å². The average Bonchev–Trinajstić information content (AvgIpc) is 3.08. The zero-order valence-electron chi connectivity index (χ0n) is 12.2. The van der Waals surface area contributed by atoms with Gasteiger partial charge in [0, 0.05) is 5.92 Å². The Bertz CT molecular complexity index is 555. The first-order valence-electron chi connectivity index (χ1n) is 7.63. The normalized spacial score (nSPS) is 16.8. The lowest BCUT2D eigenvalue weighted by atomic mass is 9.85. The maximum Gasteiger partial charge on any atom is 0.109 e. The van der Waals surface area contributed by atoms with Crippen molar-refractivity contribution >= 4 is 0 Å². The molecule has 21 heavy (non-hydrogen) atoms. The SMILES string of the molecule is N#CC(C(c1ccccc1)c1ccccc1)N1CCCC1. The Labute approximate surface area is 126 Å². The van der Waals surface area contributed by atoms with Gasteiger partial charge in [-0.25, -0.2) is 0 Å². The molecule has 0 aliphatic carbocycles. The van der Waals surface area contributed by atoms with Gasteiger partial charge in [0.1, 0.15) is 6.04 Å². The zero-order valence-corrected chi connectivity index (χ0v) is 12.2. The average molecular weight is 276 g/mol. The Morgan fingerprint density at radius 3 is 1.71 bits per heavy atom. The second-order valence-electron chi connectivity index (χ2n) is 5.62. The summed E-state index contributed by atoms with van der Waals surface area (Å²) in [6.45, 7) is 2.07. The van der Waals surface area contributed by atoms with Crippen LogP contribution in [0.5, 0.6) is 0 Å². The van der Waals surface area contributed by atoms with Crippen molar-refractivity contribution in [3.8, 4) is 6.07 Å². The molecule has 1 saturated heterocycles. The third-order valence-corrected chi connectivity index (χ3v) is 4.30. The predicted molar refractivity (Wildman–Crippen MR) is 84.9 cm³/mol. The number of hydrogen-bond donors (Lipinski definition) is 0. The van der Waals surface area contributed by atoms with Gasteiger partial charge in [0.25, 0.3) is 0 Å². The molecule has 1 fully saturated rings. The molecule has 2 nitrogen and oxygen atoms in total. The van der Waals surface area contributed by atoms with Gasteiger partial charge in [-0.2, -0.15) is 5.26 Å². The Kier molecular flexibility index (Phi) is 4.33. The number of rotatable bonds is 4. The molecule has 1 heterocycles. The lowest BCUT2D eigenvalue weighted by Crippen LogP contribution is -2.37. The highest BCUT2D eigenvalue weighted by atomic mass is 15.2. The quantitative estimate of drug-likeness (QED) is 0.849. The fourth-order valence-corrected chi connectivity index (χ4v) is 3.26. The first kappa shape index (κ1) is 13.9. The van der Waals surface area contributed by atoms with Gasteiger partial charge in [-0.1, -0.05) is 60.7 Å². The van der Waals surface area contributed by atoms with Crippen molar-refractivity contribution in [1.29, 1.82) is 5.26 Å². The Hall–Kier alpha value is -2.11. The summed E-state index contributed by atoms with van der Waals surface area (Å²) in [5.41, 5.74) is 2.45. The van der Waals surface area contributed by atoms with E-state index in [-0.39, 0.29) is 12.0 Å². The van der Waals surface area contributed by atoms with E-state index >= 15 is 0 Å². The summed E-state index contributed by atoms with van der Waals surface area (Å²) in [6.07, 6.45) is 2.41. The first-order chi connectivity index (χ1) is 10.4. The fraction of sp³-hybridized carbons (Fsp3) is 0.316. The highest BCUT2D eigenvalue weighted by molar-refractivity contribution is 5.36. The van der Waals surface area contributed by atoms with Gasteiger partial charge in [0.15, 0.2) is 0 Å². The minimum absolute atomic E-state index is 0.0858. The molecule has 1 aliphatic rings. The minimum Gasteiger partial charge on any atom is -0.287 e. The molecule has 3 rings (SSSR count). The van der Waals surface area contributed by atoms with E-state index in [9.17, 15) is 5.26 Å². The summed E-state index contributed by atoms with van der Waals surface area (Å²) in [5.74, 6) is 0.121. The molecule has 0 N–H and O–H groups in total. The lowest BCUT2D eigenvalue weighted by Gasteiger charge is -2.30. The lowest BCUT2D eigenvalue weighted by molar-refractivity contribution is 0.270. The molecule has 106 valence electrons. The molecule has 0 spiro atoms. The molecule has 0 bridgehead atoms. The van der Waals surface area contributed by atoms with E-state index in [0.29, 0.717) is 0 Å². The van der Waals surface area contributed by atoms with Gasteiger partial charge in [-0.3, -0.25) is 4.90 Å². The summed E-state index contributed by atoms with van der Waals surface area (Å²) in [4.78, 5) is 2.34. The van der Waals surface area contributed by atoms with Crippen LogP contribution in [0.25, 0.3) is 0 Å². The number of hydrogen-bond acceptors (Lipinski definition) is 2. The van der Waals surface area contributed by atoms with E-state index in [1.807, 2.05) is 12.1 Å². The fourth-order valence-electron chi connectivity index (χ4n) is 3.26. The monoisotopic (exact) mass is 276 g/mol. The van der Waals surface area contributed by atoms with Crippen molar-refractivity contribution in [2.75, 3.05) is 13.1 Å². The van der Waals surface area contributed by atoms with Crippen molar-refractivity contribution in [2.24, 2.45) is 0 Å². The van der Waals surface area contributed by atoms with Crippen molar-refractivity contribution in [3.05, 3.63) is 71.8 Å². The van der Waals surface area contributed by atoms with Crippen LogP contribution in [0.4, 0.5) is 0 Å². The van der Waals surface area contributed by atoms with Crippen molar-refractivity contribution in [2.45, 2.75) is 24.8 Å². The summed E-state index contributed by atoms with van der Waals surface area (Å²) in [7, 11) is 0. The standard InChI is InChI=1S/C19H20N2/c20-15-18(21-13-7-8-14-21)19(16-9-3-1-4-10-16)17-11-5-2-6-12-17/h1-6,9-12,18-19H,7-8,13-14H2. The van der Waals surface area contributed by atoms with E-state index in [1.165, 1.54) is 24.0 Å². The van der Waals surface area contributed by atoms with Gasteiger partial charge >= 0.3 is 0 Å². The van der Waals surface area contributed by atoms with Gasteiger partial charge in [-0.15, -0.1) is 0 Å². The number of likely N-dealkylation sites (tertiary alicyclic amines) is 1. The molecule has 0 saturated carbocycles. The molecule has 2 heteroatoms. The van der Waals surface area contributed by atoms with Crippen LogP contribution in [0, 0.1) is 11.3 Å². The summed E-state index contributed by atoms with van der Waals surface area (Å²) in [6, 6.07) is 23.3. The van der Waals surface area contributed by atoms with Gasteiger partial charge in [0.05, 0.1) is 6.07 Å². The number of nitriles is 1. The van der Waals surface area contributed by atoms with Crippen LogP contribution >= 0.6 is 0 Å². The largest absolute Gasteiger partial charge is 0.287 e. The van der Waals surface area contributed by atoms with E-state index in [2.05, 4.69) is 59.5 Å². The minimum atomic E-state index is -0.0858. The van der Waals surface area contributed by atoms with Crippen LogP contribution in [0.3, 0.4) is 0 Å². The summed E-state index contributed by atoms with van der Waals surface area (Å²) in [5, 5.41) is 9.79. The summed E-state index contributed by atoms with van der Waals surface area (Å²) >= 11 is 0. The highest BCUT2D eigenvalue weighted by Crippen LogP contribution is 2.32. The van der Waals surface area contributed by atoms with Crippen LogP contribution in [0.15, 0.2) is 60.7 Å². The molecule has 0 aromatic heterocycles. The molecule has 2 aromatic rings. The smallest absolute Gasteiger partial charge is 0.109 e. The maximum atomic E-state index is 9.79. The molecule has 0 amide bonds. The molecule has 1 atom stereocenters. The van der Waals surface area contributed by atoms with E-state index in [1.54, 1.807) is 0 Å². The molecule has 0 radical (unpaired) electrons. The highest BCUT2D eigenvalue weighted by Gasteiger charge is 2.31. The van der Waals surface area contributed by atoms with Crippen molar-refractivity contribution < 1.29 is 0 Å². The number of benzene rings is 2.